The van der Waals surface area contributed by atoms with Crippen LogP contribution in [-0.4, -0.2) is 23.7 Å². The molecule has 8 rings (SSSR count). The second-order valence-corrected chi connectivity index (χ2v) is 11.7. The molecule has 4 heterocycles. The quantitative estimate of drug-likeness (QED) is 0.167. The van der Waals surface area contributed by atoms with E-state index in [0.29, 0.717) is 11.5 Å². The molecule has 0 N–H and O–H groups in total. The third-order valence-electron chi connectivity index (χ3n) is 7.95. The van der Waals surface area contributed by atoms with E-state index in [4.69, 9.17) is 9.72 Å². The number of ether oxygens (including phenoxy) is 1. The second-order valence-electron chi connectivity index (χ2n) is 10.6. The summed E-state index contributed by atoms with van der Waals surface area (Å²) in [6.07, 6.45) is 3.71. The molecule has 7 heteroatoms. The van der Waals surface area contributed by atoms with Crippen molar-refractivity contribution in [1.29, 1.82) is 0 Å². The van der Waals surface area contributed by atoms with Gasteiger partial charge in [0.1, 0.15) is 0 Å². The molecule has 0 bridgehead atoms. The van der Waals surface area contributed by atoms with Crippen molar-refractivity contribution in [2.75, 3.05) is 0 Å². The molecule has 4 aromatic carbocycles. The van der Waals surface area contributed by atoms with Crippen LogP contribution in [0.25, 0.3) is 55.6 Å². The normalized spacial score (nSPS) is 11.5. The predicted molar refractivity (Wildman–Crippen MR) is 170 cm³/mol. The van der Waals surface area contributed by atoms with Gasteiger partial charge in [-0.25, -0.2) is 0 Å². The van der Waals surface area contributed by atoms with Crippen molar-refractivity contribution < 1.29 is 24.1 Å². The number of aryl methyl sites for hydroxylation is 2. The van der Waals surface area contributed by atoms with E-state index in [0.717, 1.165) is 65.0 Å². The number of fused-ring (bicyclic) bond motifs is 4. The molecule has 0 aliphatic heterocycles. The molecule has 0 saturated carbocycles. The summed E-state index contributed by atoms with van der Waals surface area (Å²) in [6, 6.07) is 41.9. The van der Waals surface area contributed by atoms with Gasteiger partial charge in [0.25, 0.3) is 0 Å². The molecule has 0 atom stereocenters. The molecule has 0 fully saturated rings. The Morgan fingerprint density at radius 1 is 0.705 bits per heavy atom. The van der Waals surface area contributed by atoms with Gasteiger partial charge in [-0.05, 0) is 24.6 Å². The molecule has 44 heavy (non-hydrogen) atoms. The molecule has 0 aliphatic carbocycles. The summed E-state index contributed by atoms with van der Waals surface area (Å²) in [5.41, 5.74) is 8.15. The van der Waals surface area contributed by atoms with E-state index in [1.54, 1.807) is 6.20 Å². The van der Waals surface area contributed by atoms with Gasteiger partial charge in [-0.3, -0.25) is 4.98 Å². The minimum atomic E-state index is 0.606. The standard InChI is InChI=1S/C37H25N5O.Pt/c1-25-20-37(39-23-31(25)32-13-7-8-19-38-32)42-33-14-4-3-12-29(33)30-18-17-28(22-36(30)42)43-27-11-9-10-26(21-27)41-24-40(2)34-15-5-6-16-35(34)41;/h3-20,23H,1-2H3;/q-2;. The molecule has 0 saturated heterocycles. The Labute approximate surface area is 264 Å². The molecule has 0 spiro atoms. The first-order valence-electron chi connectivity index (χ1n) is 14.2. The Morgan fingerprint density at radius 2 is 1.48 bits per heavy atom. The van der Waals surface area contributed by atoms with Gasteiger partial charge >= 0.3 is 194 Å². The van der Waals surface area contributed by atoms with E-state index in [2.05, 4.69) is 131 Å². The van der Waals surface area contributed by atoms with E-state index >= 15 is 0 Å². The van der Waals surface area contributed by atoms with Gasteiger partial charge in [0, 0.05) is 18.0 Å². The van der Waals surface area contributed by atoms with Crippen LogP contribution in [0.15, 0.2) is 116 Å². The number of imidazole rings is 1. The first-order valence-corrected chi connectivity index (χ1v) is 15.4. The summed E-state index contributed by atoms with van der Waals surface area (Å²) in [5, 5.41) is 2.22. The number of aromatic nitrogens is 5. The molecule has 216 valence electrons. The van der Waals surface area contributed by atoms with Crippen LogP contribution in [-0.2, 0) is 26.4 Å². The van der Waals surface area contributed by atoms with Gasteiger partial charge in [-0.1, -0.05) is 18.2 Å². The summed E-state index contributed by atoms with van der Waals surface area (Å²) >= 11 is 2.36. The van der Waals surface area contributed by atoms with Crippen LogP contribution in [0.3, 0.4) is 0 Å². The maximum atomic E-state index is 6.42. The average Bonchev–Trinajstić information content (AvgIpc) is 3.52. The Bertz CT molecular complexity index is 2420. The monoisotopic (exact) mass is 750 g/mol. The Morgan fingerprint density at radius 3 is 2.30 bits per heavy atom. The topological polar surface area (TPSA) is 49.8 Å². The first-order chi connectivity index (χ1) is 21.6. The molecule has 0 unspecified atom stereocenters. The third kappa shape index (κ3) is 4.33. The molecule has 8 aromatic rings. The zero-order valence-corrected chi connectivity index (χ0v) is 26.2. The zero-order chi connectivity index (χ0) is 29.8. The fourth-order valence-corrected chi connectivity index (χ4v) is 6.68. The van der Waals surface area contributed by atoms with Crippen LogP contribution in [0.1, 0.15) is 5.56 Å². The van der Waals surface area contributed by atoms with Crippen LogP contribution in [0.2, 0.25) is 0 Å². The number of para-hydroxylation sites is 3. The molecule has 4 aromatic heterocycles. The van der Waals surface area contributed by atoms with E-state index < -0.39 is 0 Å². The Kier molecular flexibility index (Phi) is 6.39. The minimum absolute atomic E-state index is 0.606. The maximum absolute atomic E-state index is 6.42. The number of hydrogen-bond donors (Lipinski definition) is 0. The van der Waals surface area contributed by atoms with Crippen LogP contribution >= 0.6 is 0 Å². The second kappa shape index (κ2) is 10.6. The van der Waals surface area contributed by atoms with E-state index in [-0.39, 0.29) is 0 Å². The SMILES string of the molecule is Cc1cc(-n2c3[c-]c(Oc4[c-]c(-n5[c](=[Pt])n(C)c6ccccc65)ccc4)ccc3c3ccccc32)ncc1-c1ccccn1. The van der Waals surface area contributed by atoms with Crippen molar-refractivity contribution in [2.45, 2.75) is 6.92 Å². The number of hydrogen-bond acceptors (Lipinski definition) is 3. The number of nitrogens with zero attached hydrogens (tertiary/aromatic N) is 5. The molecular weight excluding hydrogens is 726 g/mol. The van der Waals surface area contributed by atoms with Crippen molar-refractivity contribution >= 4 is 32.8 Å². The van der Waals surface area contributed by atoms with Crippen LogP contribution < -0.4 is 4.74 Å². The molecule has 0 radical (unpaired) electrons. The van der Waals surface area contributed by atoms with E-state index in [9.17, 15) is 0 Å². The van der Waals surface area contributed by atoms with Crippen molar-refractivity contribution in [1.82, 2.24) is 23.7 Å². The number of rotatable bonds is 5. The summed E-state index contributed by atoms with van der Waals surface area (Å²) in [7, 11) is 2.08. The number of benzene rings is 4. The molecule has 0 aliphatic rings. The van der Waals surface area contributed by atoms with E-state index in [1.807, 2.05) is 42.6 Å². The predicted octanol–water partition coefficient (Wildman–Crippen LogP) is 8.30. The Balaban J connectivity index is 1.22. The van der Waals surface area contributed by atoms with Gasteiger partial charge < -0.3 is 0 Å². The average molecular weight is 751 g/mol. The summed E-state index contributed by atoms with van der Waals surface area (Å²) in [5.74, 6) is 2.04. The van der Waals surface area contributed by atoms with Crippen molar-refractivity contribution in [3.05, 3.63) is 137 Å². The summed E-state index contributed by atoms with van der Waals surface area (Å²) in [6.45, 7) is 2.10. The summed E-state index contributed by atoms with van der Waals surface area (Å²) < 4.78 is 14.0. The molecule has 6 nitrogen and oxygen atoms in total. The van der Waals surface area contributed by atoms with E-state index in [1.165, 1.54) is 0 Å². The zero-order valence-electron chi connectivity index (χ0n) is 23.9. The van der Waals surface area contributed by atoms with Crippen molar-refractivity contribution in [2.24, 2.45) is 7.05 Å². The van der Waals surface area contributed by atoms with Gasteiger partial charge in [0.15, 0.2) is 0 Å². The first kappa shape index (κ1) is 26.6. The minimum Gasteiger partial charge on any atom is -0.256 e. The smallest absolute Gasteiger partial charge is 0.256 e. The van der Waals surface area contributed by atoms with Gasteiger partial charge in [0.05, 0.1) is 5.69 Å². The fraction of sp³-hybridized carbons (Fsp3) is 0.0541. The summed E-state index contributed by atoms with van der Waals surface area (Å²) in [4.78, 5) is 9.43. The fourth-order valence-electron chi connectivity index (χ4n) is 5.86. The Hall–Kier alpha value is -5.06. The van der Waals surface area contributed by atoms with Gasteiger partial charge in [-0.15, -0.1) is 0 Å². The van der Waals surface area contributed by atoms with Crippen LogP contribution in [0.4, 0.5) is 0 Å². The van der Waals surface area contributed by atoms with Crippen molar-refractivity contribution in [3.63, 3.8) is 0 Å². The van der Waals surface area contributed by atoms with Gasteiger partial charge in [0.2, 0.25) is 0 Å². The number of pyridine rings is 2. The van der Waals surface area contributed by atoms with Gasteiger partial charge in [-0.2, -0.15) is 0 Å². The molecule has 0 amide bonds. The van der Waals surface area contributed by atoms with Crippen LogP contribution in [0.5, 0.6) is 11.5 Å². The van der Waals surface area contributed by atoms with Crippen molar-refractivity contribution in [3.8, 4) is 34.3 Å². The molecular formula is C37H25N5OPt-2. The van der Waals surface area contributed by atoms with Crippen LogP contribution in [0, 0.1) is 22.9 Å². The third-order valence-corrected chi connectivity index (χ3v) is 9.22.